The molecule has 142 valence electrons. The highest BCUT2D eigenvalue weighted by atomic mass is 80.0. The monoisotopic (exact) mass is 738 g/mol. The van der Waals surface area contributed by atoms with Gasteiger partial charge in [-0.1, -0.05) is 156 Å². The lowest BCUT2D eigenvalue weighted by molar-refractivity contribution is -0.243. The normalized spacial score (nSPS) is 13.0. The Balaban J connectivity index is 2.42. The van der Waals surface area contributed by atoms with Crippen molar-refractivity contribution in [3.63, 3.8) is 0 Å². The van der Waals surface area contributed by atoms with Crippen LogP contribution < -0.4 is 0 Å². The lowest BCUT2D eigenvalue weighted by Gasteiger charge is -2.37. The van der Waals surface area contributed by atoms with Crippen LogP contribution >= 0.6 is 95.6 Å². The second kappa shape index (κ2) is 10.3. The average molecular weight is 744 g/mol. The second-order valence-corrected chi connectivity index (χ2v) is 20.1. The summed E-state index contributed by atoms with van der Waals surface area (Å²) in [6, 6.07) is 20.1. The van der Waals surface area contributed by atoms with Crippen LogP contribution in [0.15, 0.2) is 60.7 Å². The molecule has 0 saturated heterocycles. The summed E-state index contributed by atoms with van der Waals surface area (Å²) < 4.78 is 11.6. The Hall–Kier alpha value is 1.24. The van der Waals surface area contributed by atoms with E-state index in [2.05, 4.69) is 108 Å². The molecule has 0 aliphatic carbocycles. The van der Waals surface area contributed by atoms with E-state index in [0.29, 0.717) is 19.6 Å². The lowest BCUT2D eigenvalue weighted by Crippen LogP contribution is -2.40. The summed E-state index contributed by atoms with van der Waals surface area (Å²) in [6.07, 6.45) is 0.560. The van der Waals surface area contributed by atoms with Crippen LogP contribution in [0.1, 0.15) is 11.1 Å². The zero-order chi connectivity index (χ0) is 19.3. The number of rotatable bonds is 7. The summed E-state index contributed by atoms with van der Waals surface area (Å²) in [7, 11) is 0. The molecule has 0 atom stereocenters. The van der Waals surface area contributed by atoms with Crippen molar-refractivity contribution in [1.82, 2.24) is 0 Å². The molecule has 0 heterocycles. The smallest absolute Gasteiger partial charge is 0.199 e. The number of halogens is 6. The van der Waals surface area contributed by atoms with Crippen LogP contribution in [0.2, 0.25) is 0 Å². The molecule has 0 aromatic heterocycles. The molecular formula is C18H16Br6O2. The zero-order valence-electron chi connectivity index (χ0n) is 13.5. The van der Waals surface area contributed by atoms with Crippen molar-refractivity contribution < 1.29 is 9.47 Å². The summed E-state index contributed by atoms with van der Waals surface area (Å²) in [5, 5.41) is 0. The molecule has 0 aliphatic heterocycles. The third kappa shape index (κ3) is 8.31. The van der Waals surface area contributed by atoms with Gasteiger partial charge in [-0.15, -0.1) is 0 Å². The van der Waals surface area contributed by atoms with Gasteiger partial charge in [0.15, 0.2) is 10.1 Å². The molecular weight excluding hydrogens is 728 g/mol. The van der Waals surface area contributed by atoms with Crippen molar-refractivity contribution in [3.05, 3.63) is 71.8 Å². The summed E-state index contributed by atoms with van der Waals surface area (Å²) in [4.78, 5) is 0. The van der Waals surface area contributed by atoms with E-state index in [0.717, 1.165) is 11.1 Å². The topological polar surface area (TPSA) is 18.5 Å². The maximum Gasteiger partial charge on any atom is 0.199 e. The van der Waals surface area contributed by atoms with E-state index in [9.17, 15) is 0 Å². The fourth-order valence-corrected chi connectivity index (χ4v) is 3.05. The van der Waals surface area contributed by atoms with E-state index in [1.165, 1.54) is 0 Å². The van der Waals surface area contributed by atoms with Crippen molar-refractivity contribution in [2.75, 3.05) is 13.2 Å². The van der Waals surface area contributed by atoms with Gasteiger partial charge in [0.05, 0.1) is 13.2 Å². The molecule has 2 aromatic carbocycles. The maximum atomic E-state index is 6.35. The summed E-state index contributed by atoms with van der Waals surface area (Å²) in [6.45, 7) is 0.656. The second-order valence-electron chi connectivity index (χ2n) is 5.59. The molecule has 2 nitrogen and oxygen atoms in total. The first-order valence-corrected chi connectivity index (χ1v) is 12.4. The van der Waals surface area contributed by atoms with E-state index in [4.69, 9.17) is 9.47 Å². The van der Waals surface area contributed by atoms with Gasteiger partial charge in [0, 0.05) is 12.0 Å². The Bertz CT molecular complexity index is 650. The van der Waals surface area contributed by atoms with Crippen molar-refractivity contribution in [2.45, 2.75) is 16.5 Å². The van der Waals surface area contributed by atoms with E-state index >= 15 is 0 Å². The van der Waals surface area contributed by atoms with Crippen molar-refractivity contribution in [1.29, 1.82) is 0 Å². The van der Waals surface area contributed by atoms with Crippen LogP contribution in [0.25, 0.3) is 0 Å². The molecule has 0 bridgehead atoms. The summed E-state index contributed by atoms with van der Waals surface area (Å²) >= 11 is 21.0. The molecule has 2 rings (SSSR count). The molecule has 0 radical (unpaired) electrons. The highest BCUT2D eigenvalue weighted by Crippen LogP contribution is 2.41. The number of ether oxygens (including phenoxy) is 2. The summed E-state index contributed by atoms with van der Waals surface area (Å²) in [5.41, 5.74) is 2.06. The highest BCUT2D eigenvalue weighted by Gasteiger charge is 2.39. The number of alkyl halides is 6. The van der Waals surface area contributed by atoms with E-state index in [1.807, 2.05) is 48.5 Å². The van der Waals surface area contributed by atoms with E-state index in [1.54, 1.807) is 0 Å². The Kier molecular flexibility index (Phi) is 9.34. The highest BCUT2D eigenvalue weighted by molar-refractivity contribution is 9.39. The fourth-order valence-electron chi connectivity index (χ4n) is 2.37. The van der Waals surface area contributed by atoms with Gasteiger partial charge in [0.2, 0.25) is 0 Å². The largest absolute Gasteiger partial charge is 0.342 e. The third-order valence-corrected chi connectivity index (χ3v) is 4.80. The first kappa shape index (κ1) is 23.5. The molecule has 26 heavy (non-hydrogen) atoms. The van der Waals surface area contributed by atoms with Crippen LogP contribution in [0, 0.1) is 0 Å². The molecule has 0 amide bonds. The summed E-state index contributed by atoms with van der Waals surface area (Å²) in [5.74, 6) is -0.969. The molecule has 0 N–H and O–H groups in total. The SMILES string of the molecule is BrC(Br)(Br)COC(Cc1ccccc1)(OCC(Br)(Br)Br)c1ccccc1. The van der Waals surface area contributed by atoms with Crippen molar-refractivity contribution in [3.8, 4) is 0 Å². The van der Waals surface area contributed by atoms with E-state index < -0.39 is 10.1 Å². The fraction of sp³-hybridized carbons (Fsp3) is 0.333. The van der Waals surface area contributed by atoms with Gasteiger partial charge in [0.25, 0.3) is 0 Å². The molecule has 2 aromatic rings. The van der Waals surface area contributed by atoms with Gasteiger partial charge in [0.1, 0.15) is 0 Å². The van der Waals surface area contributed by atoms with Gasteiger partial charge < -0.3 is 9.47 Å². The van der Waals surface area contributed by atoms with Crippen molar-refractivity contribution in [2.24, 2.45) is 0 Å². The van der Waals surface area contributed by atoms with Gasteiger partial charge in [-0.2, -0.15) is 0 Å². The van der Waals surface area contributed by atoms with Crippen LogP contribution in [0.5, 0.6) is 0 Å². The minimum absolute atomic E-state index is 0.328. The average Bonchev–Trinajstić information content (AvgIpc) is 2.58. The van der Waals surface area contributed by atoms with Crippen molar-refractivity contribution >= 4 is 95.6 Å². The predicted molar refractivity (Wildman–Crippen MR) is 129 cm³/mol. The molecule has 0 unspecified atom stereocenters. The quantitative estimate of drug-likeness (QED) is 0.213. The Morgan fingerprint density at radius 3 is 1.46 bits per heavy atom. The van der Waals surface area contributed by atoms with Gasteiger partial charge >= 0.3 is 0 Å². The van der Waals surface area contributed by atoms with Crippen LogP contribution in [-0.4, -0.2) is 17.5 Å². The zero-order valence-corrected chi connectivity index (χ0v) is 23.0. The van der Waals surface area contributed by atoms with Gasteiger partial charge in [-0.05, 0) is 5.56 Å². The lowest BCUT2D eigenvalue weighted by atomic mass is 9.97. The van der Waals surface area contributed by atoms with Crippen LogP contribution in [0.3, 0.4) is 0 Å². The first-order chi connectivity index (χ1) is 12.1. The Labute approximate surface area is 204 Å². The van der Waals surface area contributed by atoms with Gasteiger partial charge in [-0.25, -0.2) is 0 Å². The molecule has 0 fully saturated rings. The number of hydrogen-bond donors (Lipinski definition) is 0. The maximum absolute atomic E-state index is 6.35. The predicted octanol–water partition coefficient (Wildman–Crippen LogP) is 7.79. The van der Waals surface area contributed by atoms with E-state index in [-0.39, 0.29) is 0 Å². The number of benzene rings is 2. The minimum Gasteiger partial charge on any atom is -0.342 e. The molecule has 0 aliphatic rings. The minimum atomic E-state index is -0.969. The first-order valence-electron chi connectivity index (χ1n) is 7.61. The Morgan fingerprint density at radius 2 is 1.04 bits per heavy atom. The molecule has 0 spiro atoms. The Morgan fingerprint density at radius 1 is 0.615 bits per heavy atom. The molecule has 0 saturated carbocycles. The van der Waals surface area contributed by atoms with Crippen LogP contribution in [0.4, 0.5) is 0 Å². The number of hydrogen-bond acceptors (Lipinski definition) is 2. The van der Waals surface area contributed by atoms with Gasteiger partial charge in [-0.3, -0.25) is 0 Å². The standard InChI is InChI=1S/C18H16Br6O2/c19-17(20,21)12-25-16(26-13-18(22,23)24,15-9-5-2-6-10-15)11-14-7-3-1-4-8-14/h1-10H,11-13H2. The molecule has 8 heteroatoms. The van der Waals surface area contributed by atoms with Crippen LogP contribution in [-0.2, 0) is 21.7 Å². The third-order valence-electron chi connectivity index (χ3n) is 3.43.